The molecule has 7 nitrogen and oxygen atoms in total. The molecule has 0 radical (unpaired) electrons. The fraction of sp³-hybridized carbons (Fsp3) is 0.235. The molecule has 0 aliphatic carbocycles. The Morgan fingerprint density at radius 1 is 1.00 bits per heavy atom. The fourth-order valence-corrected chi connectivity index (χ4v) is 3.28. The number of methoxy groups -OCH3 is 3. The van der Waals surface area contributed by atoms with Crippen LogP contribution in [0.2, 0.25) is 0 Å². The van der Waals surface area contributed by atoms with Crippen LogP contribution in [0.1, 0.15) is 15.9 Å². The van der Waals surface area contributed by atoms with E-state index in [0.29, 0.717) is 17.1 Å². The van der Waals surface area contributed by atoms with E-state index in [9.17, 15) is 13.2 Å². The van der Waals surface area contributed by atoms with Gasteiger partial charge in [-0.2, -0.15) is 0 Å². The van der Waals surface area contributed by atoms with E-state index >= 15 is 0 Å². The number of esters is 1. The monoisotopic (exact) mass is 365 g/mol. The molecule has 0 unspecified atom stereocenters. The first-order valence-electron chi connectivity index (χ1n) is 7.26. The average Bonchev–Trinajstić information content (AvgIpc) is 2.61. The van der Waals surface area contributed by atoms with Crippen molar-refractivity contribution in [2.24, 2.45) is 0 Å². The van der Waals surface area contributed by atoms with Gasteiger partial charge in [0.15, 0.2) is 0 Å². The van der Waals surface area contributed by atoms with Crippen molar-refractivity contribution >= 4 is 21.7 Å². The fourth-order valence-electron chi connectivity index (χ4n) is 2.18. The highest BCUT2D eigenvalue weighted by Crippen LogP contribution is 2.31. The zero-order valence-corrected chi connectivity index (χ0v) is 15.1. The molecule has 25 heavy (non-hydrogen) atoms. The molecule has 0 heterocycles. The lowest BCUT2D eigenvalue weighted by atomic mass is 10.1. The first kappa shape index (κ1) is 18.6. The molecule has 2 aromatic rings. The first-order chi connectivity index (χ1) is 11.8. The summed E-state index contributed by atoms with van der Waals surface area (Å²) >= 11 is 0. The van der Waals surface area contributed by atoms with Gasteiger partial charge in [0, 0.05) is 6.07 Å². The third kappa shape index (κ3) is 4.03. The molecular weight excluding hydrogens is 346 g/mol. The zero-order chi connectivity index (χ0) is 18.6. The smallest absolute Gasteiger partial charge is 0.338 e. The van der Waals surface area contributed by atoms with Crippen molar-refractivity contribution in [3.8, 4) is 11.5 Å². The number of aryl methyl sites for hydroxylation is 1. The van der Waals surface area contributed by atoms with Gasteiger partial charge >= 0.3 is 5.97 Å². The molecule has 0 spiro atoms. The van der Waals surface area contributed by atoms with Crippen molar-refractivity contribution in [3.05, 3.63) is 47.5 Å². The minimum absolute atomic E-state index is 0.0589. The minimum Gasteiger partial charge on any atom is -0.497 e. The van der Waals surface area contributed by atoms with E-state index in [1.807, 2.05) is 0 Å². The average molecular weight is 365 g/mol. The van der Waals surface area contributed by atoms with Crippen LogP contribution in [0.3, 0.4) is 0 Å². The van der Waals surface area contributed by atoms with Crippen molar-refractivity contribution < 1.29 is 27.4 Å². The Morgan fingerprint density at radius 2 is 1.72 bits per heavy atom. The van der Waals surface area contributed by atoms with Gasteiger partial charge < -0.3 is 14.2 Å². The van der Waals surface area contributed by atoms with Gasteiger partial charge in [-0.15, -0.1) is 0 Å². The summed E-state index contributed by atoms with van der Waals surface area (Å²) < 4.78 is 42.7. The van der Waals surface area contributed by atoms with E-state index in [2.05, 4.69) is 9.46 Å². The number of sulfonamides is 1. The third-order valence-corrected chi connectivity index (χ3v) is 4.94. The first-order valence-corrected chi connectivity index (χ1v) is 8.74. The van der Waals surface area contributed by atoms with Crippen LogP contribution in [0.5, 0.6) is 11.5 Å². The van der Waals surface area contributed by atoms with Gasteiger partial charge in [0.05, 0.1) is 37.5 Å². The number of ether oxygens (including phenoxy) is 3. The maximum absolute atomic E-state index is 12.6. The lowest BCUT2D eigenvalue weighted by molar-refractivity contribution is 0.0599. The normalized spacial score (nSPS) is 10.9. The second-order valence-corrected chi connectivity index (χ2v) is 6.82. The van der Waals surface area contributed by atoms with Crippen LogP contribution in [0, 0.1) is 6.92 Å². The quantitative estimate of drug-likeness (QED) is 0.791. The predicted molar refractivity (Wildman–Crippen MR) is 92.9 cm³/mol. The predicted octanol–water partition coefficient (Wildman–Crippen LogP) is 2.60. The molecule has 2 rings (SSSR count). The summed E-state index contributed by atoms with van der Waals surface area (Å²) in [6.07, 6.45) is 0. The summed E-state index contributed by atoms with van der Waals surface area (Å²) in [4.78, 5) is 11.7. The highest BCUT2D eigenvalue weighted by atomic mass is 32.2. The molecule has 0 bridgehead atoms. The molecular formula is C17H19NO6S. The highest BCUT2D eigenvalue weighted by Gasteiger charge is 2.20. The van der Waals surface area contributed by atoms with Crippen LogP contribution >= 0.6 is 0 Å². The molecule has 1 N–H and O–H groups in total. The summed E-state index contributed by atoms with van der Waals surface area (Å²) in [5.74, 6) is 0.239. The number of anilines is 1. The minimum atomic E-state index is -3.93. The molecule has 0 amide bonds. The molecule has 0 saturated carbocycles. The number of hydrogen-bond donors (Lipinski definition) is 1. The van der Waals surface area contributed by atoms with Crippen LogP contribution in [0.15, 0.2) is 41.3 Å². The van der Waals surface area contributed by atoms with Crippen LogP contribution < -0.4 is 14.2 Å². The number of carbonyl (C=O) groups is 1. The molecule has 8 heteroatoms. The second kappa shape index (κ2) is 7.43. The molecule has 134 valence electrons. The van der Waals surface area contributed by atoms with E-state index in [4.69, 9.17) is 9.47 Å². The molecule has 0 aliphatic rings. The SMILES string of the molecule is COC(=O)c1cc(S(=O)(=O)Nc2ccc(OC)cc2OC)ccc1C. The molecule has 0 fully saturated rings. The maximum atomic E-state index is 12.6. The number of hydrogen-bond acceptors (Lipinski definition) is 6. The number of nitrogens with one attached hydrogen (secondary N) is 1. The maximum Gasteiger partial charge on any atom is 0.338 e. The van der Waals surface area contributed by atoms with E-state index < -0.39 is 16.0 Å². The van der Waals surface area contributed by atoms with Crippen LogP contribution in [0.4, 0.5) is 5.69 Å². The van der Waals surface area contributed by atoms with E-state index in [0.717, 1.165) is 0 Å². The van der Waals surface area contributed by atoms with Crippen molar-refractivity contribution in [2.45, 2.75) is 11.8 Å². The van der Waals surface area contributed by atoms with Crippen LogP contribution in [-0.4, -0.2) is 35.7 Å². The Kier molecular flexibility index (Phi) is 5.53. The summed E-state index contributed by atoms with van der Waals surface area (Å²) in [5, 5.41) is 0. The third-order valence-electron chi connectivity index (χ3n) is 3.58. The van der Waals surface area contributed by atoms with E-state index in [1.54, 1.807) is 25.1 Å². The molecule has 0 atom stereocenters. The Morgan fingerprint density at radius 3 is 2.32 bits per heavy atom. The van der Waals surface area contributed by atoms with Gasteiger partial charge in [-0.3, -0.25) is 4.72 Å². The zero-order valence-electron chi connectivity index (χ0n) is 14.3. The Balaban J connectivity index is 2.42. The van der Waals surface area contributed by atoms with Crippen molar-refractivity contribution in [2.75, 3.05) is 26.1 Å². The van der Waals surface area contributed by atoms with Crippen molar-refractivity contribution in [1.29, 1.82) is 0 Å². The van der Waals surface area contributed by atoms with Crippen molar-refractivity contribution in [1.82, 2.24) is 0 Å². The van der Waals surface area contributed by atoms with E-state index in [1.165, 1.54) is 39.5 Å². The lowest BCUT2D eigenvalue weighted by Gasteiger charge is -2.14. The van der Waals surface area contributed by atoms with Gasteiger partial charge in [0.25, 0.3) is 10.0 Å². The molecule has 2 aromatic carbocycles. The van der Waals surface area contributed by atoms with Gasteiger partial charge in [-0.1, -0.05) is 6.07 Å². The van der Waals surface area contributed by atoms with Gasteiger partial charge in [0.1, 0.15) is 11.5 Å². The Labute approximate surface area is 146 Å². The number of benzene rings is 2. The van der Waals surface area contributed by atoms with Gasteiger partial charge in [-0.25, -0.2) is 13.2 Å². The van der Waals surface area contributed by atoms with Crippen molar-refractivity contribution in [3.63, 3.8) is 0 Å². The topological polar surface area (TPSA) is 90.9 Å². The standard InChI is InChI=1S/C17H19NO6S/c1-11-5-7-13(10-14(11)17(19)24-4)25(20,21)18-15-8-6-12(22-2)9-16(15)23-3/h5-10,18H,1-4H3. The second-order valence-electron chi connectivity index (χ2n) is 5.14. The summed E-state index contributed by atoms with van der Waals surface area (Å²) in [6, 6.07) is 8.94. The number of carbonyl (C=O) groups excluding carboxylic acids is 1. The Bertz CT molecular complexity index is 892. The van der Waals surface area contributed by atoms with Gasteiger partial charge in [0.2, 0.25) is 0 Å². The summed E-state index contributed by atoms with van der Waals surface area (Å²) in [7, 11) is 0.238. The summed E-state index contributed by atoms with van der Waals surface area (Å²) in [6.45, 7) is 1.70. The molecule has 0 saturated heterocycles. The largest absolute Gasteiger partial charge is 0.497 e. The highest BCUT2D eigenvalue weighted by molar-refractivity contribution is 7.92. The van der Waals surface area contributed by atoms with Gasteiger partial charge in [-0.05, 0) is 36.8 Å². The number of rotatable bonds is 6. The van der Waals surface area contributed by atoms with Crippen LogP contribution in [0.25, 0.3) is 0 Å². The molecule has 0 aromatic heterocycles. The summed E-state index contributed by atoms with van der Waals surface area (Å²) in [5.41, 5.74) is 1.06. The van der Waals surface area contributed by atoms with E-state index in [-0.39, 0.29) is 16.1 Å². The Hall–Kier alpha value is -2.74. The van der Waals surface area contributed by atoms with Crippen LogP contribution in [-0.2, 0) is 14.8 Å². The molecule has 0 aliphatic heterocycles. The lowest BCUT2D eigenvalue weighted by Crippen LogP contribution is -2.15.